The molecule has 1 rings (SSSR count). The van der Waals surface area contributed by atoms with E-state index in [9.17, 15) is 4.21 Å². The highest BCUT2D eigenvalue weighted by Gasteiger charge is 2.03. The summed E-state index contributed by atoms with van der Waals surface area (Å²) in [6.45, 7) is 0.676. The van der Waals surface area contributed by atoms with Gasteiger partial charge in [-0.3, -0.25) is 4.21 Å². The predicted molar refractivity (Wildman–Crippen MR) is 63.7 cm³/mol. The second-order valence-corrected chi connectivity index (χ2v) is 5.49. The van der Waals surface area contributed by atoms with Crippen molar-refractivity contribution in [3.8, 4) is 0 Å². The van der Waals surface area contributed by atoms with Gasteiger partial charge in [0.15, 0.2) is 0 Å². The van der Waals surface area contributed by atoms with E-state index in [1.165, 1.54) is 0 Å². The second-order valence-electron chi connectivity index (χ2n) is 3.00. The second kappa shape index (κ2) is 6.32. The van der Waals surface area contributed by atoms with Gasteiger partial charge < -0.3 is 5.73 Å². The van der Waals surface area contributed by atoms with Crippen molar-refractivity contribution in [3.05, 3.63) is 28.7 Å². The molecule has 0 bridgehead atoms. The topological polar surface area (TPSA) is 43.1 Å². The zero-order valence-corrected chi connectivity index (χ0v) is 10.3. The maximum absolute atomic E-state index is 11.7. The van der Waals surface area contributed by atoms with E-state index < -0.39 is 10.8 Å². The van der Waals surface area contributed by atoms with Crippen LogP contribution in [0, 0.1) is 0 Å². The maximum Gasteiger partial charge on any atom is 0.0529 e. The van der Waals surface area contributed by atoms with Crippen molar-refractivity contribution in [1.82, 2.24) is 0 Å². The fraction of sp³-hybridized carbons (Fsp3) is 0.400. The summed E-state index contributed by atoms with van der Waals surface area (Å²) in [4.78, 5) is 0.886. The number of unbranched alkanes of at least 4 members (excludes halogenated alkanes) is 1. The Morgan fingerprint density at radius 1 is 1.36 bits per heavy atom. The molecule has 0 spiro atoms. The Hall–Kier alpha value is -0.190. The molecule has 78 valence electrons. The first-order valence-corrected chi connectivity index (χ1v) is 6.69. The monoisotopic (exact) mass is 275 g/mol. The summed E-state index contributed by atoms with van der Waals surface area (Å²) < 4.78 is 12.7. The molecule has 4 heteroatoms. The van der Waals surface area contributed by atoms with Gasteiger partial charge in [0.05, 0.1) is 10.8 Å². The van der Waals surface area contributed by atoms with Gasteiger partial charge in [0.1, 0.15) is 0 Å². The fourth-order valence-electron chi connectivity index (χ4n) is 1.10. The number of hydrogen-bond acceptors (Lipinski definition) is 2. The van der Waals surface area contributed by atoms with Gasteiger partial charge in [-0.05, 0) is 37.6 Å². The van der Waals surface area contributed by atoms with Gasteiger partial charge in [-0.15, -0.1) is 0 Å². The van der Waals surface area contributed by atoms with Crippen molar-refractivity contribution in [1.29, 1.82) is 0 Å². The van der Waals surface area contributed by atoms with Gasteiger partial charge >= 0.3 is 0 Å². The summed E-state index contributed by atoms with van der Waals surface area (Å²) in [6.07, 6.45) is 1.87. The van der Waals surface area contributed by atoms with Gasteiger partial charge in [-0.25, -0.2) is 0 Å². The minimum absolute atomic E-state index is 0.676. The molecule has 0 aliphatic rings. The average Bonchev–Trinajstić information content (AvgIpc) is 2.18. The first kappa shape index (κ1) is 11.9. The molecule has 0 heterocycles. The molecule has 14 heavy (non-hydrogen) atoms. The number of hydrogen-bond donors (Lipinski definition) is 1. The Morgan fingerprint density at radius 3 is 2.79 bits per heavy atom. The van der Waals surface area contributed by atoms with Crippen molar-refractivity contribution in [3.63, 3.8) is 0 Å². The molecule has 2 N–H and O–H groups in total. The summed E-state index contributed by atoms with van der Waals surface area (Å²) in [5, 5.41) is 0. The zero-order chi connectivity index (χ0) is 10.4. The molecule has 0 saturated heterocycles. The normalized spacial score (nSPS) is 12.7. The number of halogens is 1. The quantitative estimate of drug-likeness (QED) is 0.838. The molecule has 0 aromatic heterocycles. The van der Waals surface area contributed by atoms with E-state index in [0.29, 0.717) is 12.3 Å². The molecule has 0 radical (unpaired) electrons. The van der Waals surface area contributed by atoms with Gasteiger partial charge in [0.2, 0.25) is 0 Å². The first-order valence-electron chi connectivity index (χ1n) is 4.58. The molecular weight excluding hydrogens is 262 g/mol. The first-order chi connectivity index (χ1) is 6.74. The standard InChI is InChI=1S/C10H14BrNOS/c11-9-4-3-5-10(8-9)14(13)7-2-1-6-12/h3-5,8H,1-2,6-7,12H2. The lowest BCUT2D eigenvalue weighted by Gasteiger charge is -2.01. The smallest absolute Gasteiger partial charge is 0.0529 e. The van der Waals surface area contributed by atoms with Crippen molar-refractivity contribution in [2.75, 3.05) is 12.3 Å². The molecule has 1 unspecified atom stereocenters. The average molecular weight is 276 g/mol. The van der Waals surface area contributed by atoms with Crippen molar-refractivity contribution >= 4 is 26.7 Å². The molecule has 1 atom stereocenters. The summed E-state index contributed by atoms with van der Waals surface area (Å²) in [5.74, 6) is 0.702. The summed E-state index contributed by atoms with van der Waals surface area (Å²) in [5.41, 5.74) is 5.37. The zero-order valence-electron chi connectivity index (χ0n) is 7.91. The lowest BCUT2D eigenvalue weighted by molar-refractivity contribution is 0.678. The predicted octanol–water partition coefficient (Wildman–Crippen LogP) is 2.30. The molecule has 1 aromatic rings. The van der Waals surface area contributed by atoms with Crippen LogP contribution in [0.15, 0.2) is 33.6 Å². The molecular formula is C10H14BrNOS. The van der Waals surface area contributed by atoms with Crippen LogP contribution in [0.3, 0.4) is 0 Å². The van der Waals surface area contributed by atoms with Crippen LogP contribution in [-0.2, 0) is 10.8 Å². The Labute approximate surface area is 95.5 Å². The van der Waals surface area contributed by atoms with Crippen LogP contribution >= 0.6 is 15.9 Å². The fourth-order valence-corrected chi connectivity index (χ4v) is 2.85. The molecule has 0 amide bonds. The largest absolute Gasteiger partial charge is 0.330 e. The van der Waals surface area contributed by atoms with Crippen molar-refractivity contribution in [2.24, 2.45) is 5.73 Å². The highest BCUT2D eigenvalue weighted by molar-refractivity contribution is 9.10. The van der Waals surface area contributed by atoms with Gasteiger partial charge in [0.25, 0.3) is 0 Å². The Balaban J connectivity index is 2.52. The van der Waals surface area contributed by atoms with Crippen LogP contribution in [0.25, 0.3) is 0 Å². The third kappa shape index (κ3) is 3.90. The van der Waals surface area contributed by atoms with E-state index in [4.69, 9.17) is 5.73 Å². The summed E-state index contributed by atoms with van der Waals surface area (Å²) >= 11 is 3.36. The van der Waals surface area contributed by atoms with Crippen LogP contribution in [0.4, 0.5) is 0 Å². The van der Waals surface area contributed by atoms with E-state index >= 15 is 0 Å². The minimum atomic E-state index is -0.881. The van der Waals surface area contributed by atoms with E-state index in [0.717, 1.165) is 22.2 Å². The van der Waals surface area contributed by atoms with E-state index in [1.807, 2.05) is 24.3 Å². The van der Waals surface area contributed by atoms with Crippen LogP contribution in [0.2, 0.25) is 0 Å². The third-order valence-corrected chi connectivity index (χ3v) is 3.78. The van der Waals surface area contributed by atoms with E-state index in [1.54, 1.807) is 0 Å². The summed E-state index contributed by atoms with van der Waals surface area (Å²) in [7, 11) is -0.881. The van der Waals surface area contributed by atoms with Crippen LogP contribution in [0.5, 0.6) is 0 Å². The molecule has 0 aliphatic carbocycles. The molecule has 0 saturated carbocycles. The highest BCUT2D eigenvalue weighted by Crippen LogP contribution is 2.15. The van der Waals surface area contributed by atoms with E-state index in [2.05, 4.69) is 15.9 Å². The number of benzene rings is 1. The summed E-state index contributed by atoms with van der Waals surface area (Å²) in [6, 6.07) is 7.63. The Bertz CT molecular complexity index is 317. The molecule has 2 nitrogen and oxygen atoms in total. The van der Waals surface area contributed by atoms with Crippen LogP contribution < -0.4 is 5.73 Å². The Kier molecular flexibility index (Phi) is 5.37. The minimum Gasteiger partial charge on any atom is -0.330 e. The van der Waals surface area contributed by atoms with E-state index in [-0.39, 0.29) is 0 Å². The molecule has 0 aliphatic heterocycles. The van der Waals surface area contributed by atoms with Gasteiger partial charge in [0, 0.05) is 15.1 Å². The van der Waals surface area contributed by atoms with Crippen molar-refractivity contribution < 1.29 is 4.21 Å². The highest BCUT2D eigenvalue weighted by atomic mass is 79.9. The van der Waals surface area contributed by atoms with Gasteiger partial charge in [-0.2, -0.15) is 0 Å². The number of nitrogens with two attached hydrogens (primary N) is 1. The number of rotatable bonds is 5. The van der Waals surface area contributed by atoms with Crippen LogP contribution in [0.1, 0.15) is 12.8 Å². The van der Waals surface area contributed by atoms with Crippen molar-refractivity contribution in [2.45, 2.75) is 17.7 Å². The lowest BCUT2D eigenvalue weighted by Crippen LogP contribution is -2.03. The molecule has 0 fully saturated rings. The maximum atomic E-state index is 11.7. The SMILES string of the molecule is NCCCCS(=O)c1cccc(Br)c1. The lowest BCUT2D eigenvalue weighted by atomic mass is 10.3. The Morgan fingerprint density at radius 2 is 2.14 bits per heavy atom. The van der Waals surface area contributed by atoms with Gasteiger partial charge in [-0.1, -0.05) is 22.0 Å². The third-order valence-electron chi connectivity index (χ3n) is 1.84. The molecule has 1 aromatic carbocycles. The van der Waals surface area contributed by atoms with Crippen LogP contribution in [-0.4, -0.2) is 16.5 Å².